The van der Waals surface area contributed by atoms with Gasteiger partial charge in [-0.2, -0.15) is 0 Å². The second-order valence-corrected chi connectivity index (χ2v) is 10.1. The summed E-state index contributed by atoms with van der Waals surface area (Å²) in [4.78, 5) is 27.2. The lowest BCUT2D eigenvalue weighted by atomic mass is 9.67. The highest BCUT2D eigenvalue weighted by atomic mass is 16.5. The van der Waals surface area contributed by atoms with Gasteiger partial charge in [-0.25, -0.2) is 0 Å². The number of ether oxygens (including phenoxy) is 5. The lowest BCUT2D eigenvalue weighted by molar-refractivity contribution is -0.128. The Hall–Kier alpha value is -4.92. The zero-order valence-electron chi connectivity index (χ0n) is 24.8. The van der Waals surface area contributed by atoms with Crippen molar-refractivity contribution >= 4 is 17.6 Å². The number of phenols is 2. The molecular weight excluding hydrogens is 552 g/mol. The summed E-state index contributed by atoms with van der Waals surface area (Å²) in [7, 11) is 7.52. The van der Waals surface area contributed by atoms with Gasteiger partial charge in [0.2, 0.25) is 0 Å². The van der Waals surface area contributed by atoms with E-state index in [0.717, 1.165) is 5.56 Å². The predicted octanol–water partition coefficient (Wildman–Crippen LogP) is 5.83. The Balaban J connectivity index is 1.73. The van der Waals surface area contributed by atoms with E-state index in [9.17, 15) is 19.8 Å². The number of aromatic hydroxyl groups is 2. The summed E-state index contributed by atoms with van der Waals surface area (Å²) in [5.74, 6) is -0.0322. The van der Waals surface area contributed by atoms with Crippen LogP contribution in [-0.2, 0) is 9.59 Å². The molecule has 0 saturated heterocycles. The van der Waals surface area contributed by atoms with E-state index in [1.807, 2.05) is 12.2 Å². The maximum atomic E-state index is 14.1. The lowest BCUT2D eigenvalue weighted by Gasteiger charge is -2.35. The van der Waals surface area contributed by atoms with Crippen molar-refractivity contribution in [2.75, 3.05) is 35.5 Å². The van der Waals surface area contributed by atoms with Crippen LogP contribution in [-0.4, -0.2) is 57.3 Å². The zero-order chi connectivity index (χ0) is 31.1. The first-order valence-corrected chi connectivity index (χ1v) is 13.7. The van der Waals surface area contributed by atoms with Gasteiger partial charge in [0.15, 0.2) is 40.3 Å². The number of carbonyl (C=O) groups excluding carboxylic acids is 2. The highest BCUT2D eigenvalue weighted by molar-refractivity contribution is 6.07. The van der Waals surface area contributed by atoms with Crippen LogP contribution in [0.25, 0.3) is 6.08 Å². The van der Waals surface area contributed by atoms with Gasteiger partial charge >= 0.3 is 0 Å². The van der Waals surface area contributed by atoms with Crippen LogP contribution >= 0.6 is 0 Å². The van der Waals surface area contributed by atoms with E-state index in [1.165, 1.54) is 40.6 Å². The van der Waals surface area contributed by atoms with Crippen LogP contribution in [0.3, 0.4) is 0 Å². The molecule has 0 aromatic heterocycles. The van der Waals surface area contributed by atoms with E-state index >= 15 is 0 Å². The van der Waals surface area contributed by atoms with Crippen molar-refractivity contribution in [3.8, 4) is 40.2 Å². The molecule has 0 saturated carbocycles. The molecule has 9 nitrogen and oxygen atoms in total. The van der Waals surface area contributed by atoms with E-state index in [0.29, 0.717) is 40.5 Å². The van der Waals surface area contributed by atoms with E-state index in [4.69, 9.17) is 23.7 Å². The first-order chi connectivity index (χ1) is 20.7. The summed E-state index contributed by atoms with van der Waals surface area (Å²) in [6.45, 7) is 0. The molecule has 0 bridgehead atoms. The molecule has 0 spiro atoms. The molecule has 0 aliphatic heterocycles. The van der Waals surface area contributed by atoms with Gasteiger partial charge in [-0.1, -0.05) is 30.4 Å². The van der Waals surface area contributed by atoms with Crippen LogP contribution in [0.15, 0.2) is 66.8 Å². The summed E-state index contributed by atoms with van der Waals surface area (Å²) in [5.41, 5.74) is 2.14. The molecule has 0 heterocycles. The van der Waals surface area contributed by atoms with Crippen molar-refractivity contribution in [3.05, 3.63) is 83.4 Å². The average molecular weight is 589 g/mol. The molecule has 0 fully saturated rings. The summed E-state index contributed by atoms with van der Waals surface area (Å²) < 4.78 is 27.2. The Labute approximate surface area is 250 Å². The first-order valence-electron chi connectivity index (χ1n) is 13.7. The van der Waals surface area contributed by atoms with Gasteiger partial charge in [-0.3, -0.25) is 9.59 Å². The monoisotopic (exact) mass is 588 g/mol. The molecule has 3 atom stereocenters. The molecular formula is C34H36O9. The first kappa shape index (κ1) is 31.0. The van der Waals surface area contributed by atoms with E-state index in [1.54, 1.807) is 55.7 Å². The smallest absolute Gasteiger partial charge is 0.164 e. The molecule has 4 rings (SSSR count). The predicted molar refractivity (Wildman–Crippen MR) is 162 cm³/mol. The molecule has 1 aliphatic rings. The van der Waals surface area contributed by atoms with Crippen molar-refractivity contribution < 1.29 is 43.5 Å². The fourth-order valence-corrected chi connectivity index (χ4v) is 5.53. The molecule has 3 aromatic carbocycles. The fourth-order valence-electron chi connectivity index (χ4n) is 5.53. The Bertz CT molecular complexity index is 1540. The van der Waals surface area contributed by atoms with Gasteiger partial charge in [0.05, 0.1) is 42.0 Å². The van der Waals surface area contributed by atoms with Gasteiger partial charge in [0.25, 0.3) is 0 Å². The molecule has 1 aliphatic carbocycles. The summed E-state index contributed by atoms with van der Waals surface area (Å²) in [5, 5.41) is 20.1. The maximum Gasteiger partial charge on any atom is 0.164 e. The number of methoxy groups -OCH3 is 5. The van der Waals surface area contributed by atoms with Crippen LogP contribution in [0, 0.1) is 5.92 Å². The molecule has 2 N–H and O–H groups in total. The van der Waals surface area contributed by atoms with Crippen LogP contribution in [0.1, 0.15) is 41.4 Å². The average Bonchev–Trinajstić information content (AvgIpc) is 3.03. The quantitative estimate of drug-likeness (QED) is 0.153. The summed E-state index contributed by atoms with van der Waals surface area (Å²) in [6.07, 6.45) is 7.11. The van der Waals surface area contributed by atoms with Crippen molar-refractivity contribution in [2.45, 2.75) is 24.7 Å². The molecule has 0 amide bonds. The summed E-state index contributed by atoms with van der Waals surface area (Å²) in [6, 6.07) is 13.3. The van der Waals surface area contributed by atoms with Crippen LogP contribution in [0.5, 0.6) is 40.2 Å². The van der Waals surface area contributed by atoms with Gasteiger partial charge < -0.3 is 33.9 Å². The van der Waals surface area contributed by atoms with E-state index in [2.05, 4.69) is 0 Å². The third-order valence-electron chi connectivity index (χ3n) is 7.67. The molecule has 3 aromatic rings. The van der Waals surface area contributed by atoms with Gasteiger partial charge in [-0.15, -0.1) is 0 Å². The zero-order valence-corrected chi connectivity index (χ0v) is 24.8. The Morgan fingerprint density at radius 3 is 2.02 bits per heavy atom. The number of hydrogen-bond acceptors (Lipinski definition) is 9. The lowest BCUT2D eigenvalue weighted by Crippen LogP contribution is -2.31. The number of rotatable bonds is 12. The normalized spacial score (nSPS) is 17.8. The summed E-state index contributed by atoms with van der Waals surface area (Å²) >= 11 is 0. The highest BCUT2D eigenvalue weighted by Gasteiger charge is 2.39. The van der Waals surface area contributed by atoms with Crippen molar-refractivity contribution in [1.82, 2.24) is 0 Å². The molecule has 9 heteroatoms. The Morgan fingerprint density at radius 2 is 1.37 bits per heavy atom. The number of phenolic OH excluding ortho intramolecular Hbond substituents is 2. The third-order valence-corrected chi connectivity index (χ3v) is 7.67. The number of Topliss-reactive ketones (excluding diaryl/α,β-unsaturated/α-hetero) is 1. The maximum absolute atomic E-state index is 14.1. The van der Waals surface area contributed by atoms with Crippen molar-refractivity contribution in [3.63, 3.8) is 0 Å². The third kappa shape index (κ3) is 6.77. The minimum atomic E-state index is -0.655. The largest absolute Gasteiger partial charge is 0.504 e. The minimum absolute atomic E-state index is 0.00948. The Morgan fingerprint density at radius 1 is 0.767 bits per heavy atom. The van der Waals surface area contributed by atoms with Crippen molar-refractivity contribution in [1.29, 1.82) is 0 Å². The number of ketones is 2. The van der Waals surface area contributed by atoms with E-state index in [-0.39, 0.29) is 41.2 Å². The minimum Gasteiger partial charge on any atom is -0.504 e. The number of carbonyl (C=O) groups is 2. The van der Waals surface area contributed by atoms with Crippen LogP contribution < -0.4 is 23.7 Å². The highest BCUT2D eigenvalue weighted by Crippen LogP contribution is 2.49. The molecule has 226 valence electrons. The molecule has 0 radical (unpaired) electrons. The number of allylic oxidation sites excluding steroid dienone is 3. The second kappa shape index (κ2) is 13.8. The van der Waals surface area contributed by atoms with Gasteiger partial charge in [-0.05, 0) is 59.9 Å². The fraction of sp³-hybridized carbons (Fsp3) is 0.294. The SMILES string of the molecule is COc1cc(/C=C/C(=O)CC(=O)C2C(c3cc(OC)c(OC)cc3OC)C=CCC2c2ccc(O)c(OC)c2)ccc1O. The second-order valence-electron chi connectivity index (χ2n) is 10.1. The van der Waals surface area contributed by atoms with E-state index < -0.39 is 11.8 Å². The van der Waals surface area contributed by atoms with Gasteiger partial charge in [0, 0.05) is 23.5 Å². The van der Waals surface area contributed by atoms with Crippen molar-refractivity contribution in [2.24, 2.45) is 5.92 Å². The number of hydrogen-bond donors (Lipinski definition) is 2. The molecule has 43 heavy (non-hydrogen) atoms. The van der Waals surface area contributed by atoms with Crippen LogP contribution in [0.4, 0.5) is 0 Å². The van der Waals surface area contributed by atoms with Gasteiger partial charge in [0.1, 0.15) is 11.5 Å². The van der Waals surface area contributed by atoms with Crippen LogP contribution in [0.2, 0.25) is 0 Å². The molecule has 3 unspecified atom stereocenters. The standard InChI is InChI=1S/C34H36O9/c1-39-29-19-33(43-5)32(42-4)18-25(29)24-8-6-7-23(21-11-14-27(37)31(16-21)41-3)34(24)28(38)17-22(35)12-9-20-10-13-26(36)30(15-20)40-2/h6,8-16,18-19,23-24,34,36-37H,7,17H2,1-5H3/b12-9+. The number of benzene rings is 3. The Kier molecular flexibility index (Phi) is 9.98. The topological polar surface area (TPSA) is 121 Å².